The molecule has 3 aliphatic heterocycles. The smallest absolute Gasteiger partial charge is 0.475 e. The second kappa shape index (κ2) is 11.1. The molecule has 3 aliphatic rings. The SMILES string of the molecule is C[C@@H](CN1CCCC1)NC(=O)c1ccc2c(c1)C(=O)N(C1CCC(=O)NC1=O)C2=O.O=C(O)C(F)(F)F. The van der Waals surface area contributed by atoms with Gasteiger partial charge in [-0.3, -0.25) is 34.2 Å². The number of nitrogens with zero attached hydrogens (tertiary/aromatic N) is 2. The number of carboxylic acids is 1. The molecule has 37 heavy (non-hydrogen) atoms. The first-order chi connectivity index (χ1) is 17.3. The number of aliphatic carboxylic acids is 1. The Bertz CT molecular complexity index is 1130. The quantitative estimate of drug-likeness (QED) is 0.479. The molecule has 3 heterocycles. The molecule has 0 spiro atoms. The number of piperidine rings is 1. The lowest BCUT2D eigenvalue weighted by Crippen LogP contribution is -2.54. The zero-order valence-electron chi connectivity index (χ0n) is 19.8. The van der Waals surface area contributed by atoms with E-state index in [1.807, 2.05) is 6.92 Å². The Morgan fingerprint density at radius 1 is 1.11 bits per heavy atom. The van der Waals surface area contributed by atoms with E-state index in [1.54, 1.807) is 0 Å². The third-order valence-electron chi connectivity index (χ3n) is 6.05. The van der Waals surface area contributed by atoms with Crippen molar-refractivity contribution in [2.24, 2.45) is 0 Å². The van der Waals surface area contributed by atoms with E-state index in [4.69, 9.17) is 9.90 Å². The Kier molecular flexibility index (Phi) is 8.31. The van der Waals surface area contributed by atoms with Gasteiger partial charge in [0.2, 0.25) is 11.8 Å². The standard InChI is InChI=1S/C21H24N4O5.C2HF3O2/c1-12(11-24-8-2-3-9-24)22-18(27)13-4-5-14-15(10-13)21(30)25(20(14)29)16-6-7-17(26)23-19(16)28;3-2(4,5)1(6)7/h4-5,10,12,16H,2-3,6-9,11H2,1H3,(H,22,27)(H,23,26,28);(H,6,7)/t12-,16?;/m0./s1. The minimum atomic E-state index is -5.08. The van der Waals surface area contributed by atoms with Crippen LogP contribution in [0.25, 0.3) is 0 Å². The van der Waals surface area contributed by atoms with Gasteiger partial charge in [0.1, 0.15) is 6.04 Å². The molecule has 0 radical (unpaired) electrons. The summed E-state index contributed by atoms with van der Waals surface area (Å²) in [5.41, 5.74) is 0.546. The van der Waals surface area contributed by atoms with Crippen LogP contribution in [0.5, 0.6) is 0 Å². The maximum Gasteiger partial charge on any atom is 0.490 e. The van der Waals surface area contributed by atoms with E-state index in [2.05, 4.69) is 15.5 Å². The molecule has 5 amide bonds. The zero-order valence-corrected chi connectivity index (χ0v) is 19.8. The van der Waals surface area contributed by atoms with Crippen LogP contribution in [0.1, 0.15) is 63.7 Å². The molecule has 11 nitrogen and oxygen atoms in total. The van der Waals surface area contributed by atoms with Crippen molar-refractivity contribution in [3.63, 3.8) is 0 Å². The van der Waals surface area contributed by atoms with E-state index >= 15 is 0 Å². The molecule has 2 saturated heterocycles. The first kappa shape index (κ1) is 27.8. The summed E-state index contributed by atoms with van der Waals surface area (Å²) in [6.45, 7) is 4.76. The first-order valence-corrected chi connectivity index (χ1v) is 11.5. The average molecular weight is 526 g/mol. The van der Waals surface area contributed by atoms with E-state index in [0.29, 0.717) is 0 Å². The lowest BCUT2D eigenvalue weighted by Gasteiger charge is -2.27. The second-order valence-electron chi connectivity index (χ2n) is 8.89. The second-order valence-corrected chi connectivity index (χ2v) is 8.89. The number of benzene rings is 1. The minimum absolute atomic E-state index is 0.0545. The third-order valence-corrected chi connectivity index (χ3v) is 6.05. The maximum atomic E-state index is 12.9. The third kappa shape index (κ3) is 6.50. The van der Waals surface area contributed by atoms with Crippen LogP contribution in [-0.4, -0.2) is 88.3 Å². The van der Waals surface area contributed by atoms with Gasteiger partial charge >= 0.3 is 12.1 Å². The highest BCUT2D eigenvalue weighted by Crippen LogP contribution is 2.28. The van der Waals surface area contributed by atoms with Crippen LogP contribution in [0.4, 0.5) is 13.2 Å². The van der Waals surface area contributed by atoms with Crippen molar-refractivity contribution in [2.45, 2.75) is 50.9 Å². The van der Waals surface area contributed by atoms with Gasteiger partial charge in [0.15, 0.2) is 0 Å². The summed E-state index contributed by atoms with van der Waals surface area (Å²) in [7, 11) is 0. The minimum Gasteiger partial charge on any atom is -0.475 e. The Morgan fingerprint density at radius 3 is 2.27 bits per heavy atom. The molecule has 0 saturated carbocycles. The summed E-state index contributed by atoms with van der Waals surface area (Å²) >= 11 is 0. The highest BCUT2D eigenvalue weighted by atomic mass is 19.4. The Labute approximate surface area is 209 Å². The predicted octanol–water partition coefficient (Wildman–Crippen LogP) is 0.935. The van der Waals surface area contributed by atoms with Gasteiger partial charge < -0.3 is 15.3 Å². The van der Waals surface area contributed by atoms with Crippen molar-refractivity contribution in [2.75, 3.05) is 19.6 Å². The molecule has 14 heteroatoms. The zero-order chi connectivity index (χ0) is 27.5. The van der Waals surface area contributed by atoms with Crippen LogP contribution < -0.4 is 10.6 Å². The van der Waals surface area contributed by atoms with Crippen LogP contribution in [-0.2, 0) is 14.4 Å². The Morgan fingerprint density at radius 2 is 1.70 bits per heavy atom. The molecular weight excluding hydrogens is 501 g/mol. The molecule has 4 rings (SSSR count). The number of hydrogen-bond donors (Lipinski definition) is 3. The molecule has 3 N–H and O–H groups in total. The summed E-state index contributed by atoms with van der Waals surface area (Å²) < 4.78 is 31.7. The molecule has 0 aliphatic carbocycles. The molecule has 1 aromatic carbocycles. The molecule has 200 valence electrons. The lowest BCUT2D eigenvalue weighted by molar-refractivity contribution is -0.192. The number of halogens is 3. The normalized spacial score (nSPS) is 20.6. The number of amides is 5. The van der Waals surface area contributed by atoms with E-state index in [-0.39, 0.29) is 41.5 Å². The summed E-state index contributed by atoms with van der Waals surface area (Å²) in [6.07, 6.45) is -2.58. The summed E-state index contributed by atoms with van der Waals surface area (Å²) in [5, 5.41) is 12.2. The average Bonchev–Trinajstić information content (AvgIpc) is 3.40. The number of alkyl halides is 3. The van der Waals surface area contributed by atoms with Crippen molar-refractivity contribution in [3.8, 4) is 0 Å². The van der Waals surface area contributed by atoms with Gasteiger partial charge in [-0.1, -0.05) is 0 Å². The molecular formula is C23H25F3N4O7. The van der Waals surface area contributed by atoms with Gasteiger partial charge in [0.05, 0.1) is 11.1 Å². The van der Waals surface area contributed by atoms with Gasteiger partial charge in [-0.05, 0) is 57.5 Å². The number of likely N-dealkylation sites (tertiary alicyclic amines) is 1. The summed E-state index contributed by atoms with van der Waals surface area (Å²) in [5.74, 6) is -5.36. The van der Waals surface area contributed by atoms with Crippen LogP contribution in [0, 0.1) is 0 Å². The van der Waals surface area contributed by atoms with Gasteiger partial charge in [-0.25, -0.2) is 4.79 Å². The fraction of sp³-hybridized carbons (Fsp3) is 0.478. The monoisotopic (exact) mass is 526 g/mol. The number of fused-ring (bicyclic) bond motifs is 1. The Balaban J connectivity index is 0.000000479. The van der Waals surface area contributed by atoms with Crippen LogP contribution in [0.2, 0.25) is 0 Å². The molecule has 0 bridgehead atoms. The van der Waals surface area contributed by atoms with Crippen LogP contribution in [0.3, 0.4) is 0 Å². The summed E-state index contributed by atoms with van der Waals surface area (Å²) in [4.78, 5) is 73.8. The number of carbonyl (C=O) groups is 6. The molecule has 2 atom stereocenters. The van der Waals surface area contributed by atoms with Crippen LogP contribution >= 0.6 is 0 Å². The topological polar surface area (TPSA) is 153 Å². The lowest BCUT2D eigenvalue weighted by atomic mass is 10.0. The van der Waals surface area contributed by atoms with E-state index < -0.39 is 41.8 Å². The molecule has 2 fully saturated rings. The van der Waals surface area contributed by atoms with E-state index in [0.717, 1.165) is 24.5 Å². The number of rotatable bonds is 5. The van der Waals surface area contributed by atoms with Gasteiger partial charge in [0, 0.05) is 24.6 Å². The van der Waals surface area contributed by atoms with Crippen LogP contribution in [0.15, 0.2) is 18.2 Å². The van der Waals surface area contributed by atoms with Crippen molar-refractivity contribution in [1.29, 1.82) is 0 Å². The Hall–Kier alpha value is -3.81. The van der Waals surface area contributed by atoms with E-state index in [9.17, 15) is 37.1 Å². The van der Waals surface area contributed by atoms with E-state index in [1.165, 1.54) is 31.0 Å². The highest BCUT2D eigenvalue weighted by molar-refractivity contribution is 6.24. The van der Waals surface area contributed by atoms with Crippen molar-refractivity contribution < 1.29 is 47.0 Å². The fourth-order valence-corrected chi connectivity index (χ4v) is 4.32. The van der Waals surface area contributed by atoms with Crippen molar-refractivity contribution >= 4 is 35.5 Å². The number of hydrogen-bond acceptors (Lipinski definition) is 7. The summed E-state index contributed by atoms with van der Waals surface area (Å²) in [6, 6.07) is 3.28. The number of carboxylic acid groups (broad SMARTS) is 1. The first-order valence-electron chi connectivity index (χ1n) is 11.5. The molecule has 1 unspecified atom stereocenters. The van der Waals surface area contributed by atoms with Gasteiger partial charge in [-0.15, -0.1) is 0 Å². The largest absolute Gasteiger partial charge is 0.490 e. The van der Waals surface area contributed by atoms with Crippen molar-refractivity contribution in [1.82, 2.24) is 20.4 Å². The fourth-order valence-electron chi connectivity index (χ4n) is 4.32. The number of nitrogens with one attached hydrogen (secondary N) is 2. The molecule has 0 aromatic heterocycles. The number of carbonyl (C=O) groups excluding carboxylic acids is 5. The van der Waals surface area contributed by atoms with Gasteiger partial charge in [0.25, 0.3) is 17.7 Å². The number of imide groups is 2. The highest BCUT2D eigenvalue weighted by Gasteiger charge is 2.44. The predicted molar refractivity (Wildman–Crippen MR) is 119 cm³/mol. The van der Waals surface area contributed by atoms with Gasteiger partial charge in [-0.2, -0.15) is 13.2 Å². The van der Waals surface area contributed by atoms with Crippen molar-refractivity contribution in [3.05, 3.63) is 34.9 Å². The maximum absolute atomic E-state index is 12.9. The molecule has 1 aromatic rings.